The molecule has 0 fully saturated rings. The molecule has 0 amide bonds. The maximum Gasteiger partial charge on any atom is 0.203 e. The number of ether oxygens (including phenoxy) is 3. The molecule has 98 valence electrons. The molecule has 0 aliphatic carbocycles. The van der Waals surface area contributed by atoms with E-state index in [0.29, 0.717) is 17.2 Å². The van der Waals surface area contributed by atoms with Crippen LogP contribution in [0.2, 0.25) is 0 Å². The highest BCUT2D eigenvalue weighted by molar-refractivity contribution is 5.63. The first kappa shape index (κ1) is 14.0. The molecule has 18 heavy (non-hydrogen) atoms. The van der Waals surface area contributed by atoms with Crippen LogP contribution in [0.5, 0.6) is 17.2 Å². The van der Waals surface area contributed by atoms with Gasteiger partial charge in [0, 0.05) is 17.8 Å². The Bertz CT molecular complexity index is 439. The van der Waals surface area contributed by atoms with Gasteiger partial charge in [-0.2, -0.15) is 5.26 Å². The minimum Gasteiger partial charge on any atom is -0.493 e. The lowest BCUT2D eigenvalue weighted by atomic mass is 10.1. The van der Waals surface area contributed by atoms with E-state index in [9.17, 15) is 0 Å². The number of nitriles is 1. The van der Waals surface area contributed by atoms with Crippen molar-refractivity contribution in [1.82, 2.24) is 0 Å². The van der Waals surface area contributed by atoms with Gasteiger partial charge in [0.1, 0.15) is 5.54 Å². The van der Waals surface area contributed by atoms with E-state index in [1.807, 2.05) is 0 Å². The smallest absolute Gasteiger partial charge is 0.203 e. The van der Waals surface area contributed by atoms with E-state index < -0.39 is 5.54 Å². The number of hydrogen-bond acceptors (Lipinski definition) is 5. The molecule has 0 heterocycles. The standard InChI is InChI=1S/C13H18N2O3/c1-13(2,8-14)15-9-6-10(16-3)12(18-5)11(7-9)17-4/h6-7,15H,1-5H3. The Morgan fingerprint density at radius 3 is 1.89 bits per heavy atom. The van der Waals surface area contributed by atoms with Gasteiger partial charge in [0.05, 0.1) is 27.4 Å². The molecule has 0 aliphatic heterocycles. The first-order valence-electron chi connectivity index (χ1n) is 5.47. The summed E-state index contributed by atoms with van der Waals surface area (Å²) in [7, 11) is 4.65. The van der Waals surface area contributed by atoms with Crippen molar-refractivity contribution in [2.24, 2.45) is 0 Å². The quantitative estimate of drug-likeness (QED) is 0.869. The second-order valence-corrected chi connectivity index (χ2v) is 4.28. The van der Waals surface area contributed by atoms with Crippen LogP contribution in [0.1, 0.15) is 13.8 Å². The van der Waals surface area contributed by atoms with Crippen LogP contribution < -0.4 is 19.5 Å². The Morgan fingerprint density at radius 2 is 1.56 bits per heavy atom. The summed E-state index contributed by atoms with van der Waals surface area (Å²) >= 11 is 0. The minimum atomic E-state index is -0.676. The molecule has 1 rings (SSSR count). The third-order valence-corrected chi connectivity index (χ3v) is 2.40. The number of benzene rings is 1. The number of nitrogens with one attached hydrogen (secondary N) is 1. The lowest BCUT2D eigenvalue weighted by Gasteiger charge is -2.21. The molecule has 0 aliphatic rings. The third kappa shape index (κ3) is 2.98. The van der Waals surface area contributed by atoms with Crippen molar-refractivity contribution < 1.29 is 14.2 Å². The van der Waals surface area contributed by atoms with Gasteiger partial charge in [-0.25, -0.2) is 0 Å². The zero-order valence-electron chi connectivity index (χ0n) is 11.3. The molecule has 0 saturated heterocycles. The van der Waals surface area contributed by atoms with Gasteiger partial charge < -0.3 is 19.5 Å². The zero-order valence-corrected chi connectivity index (χ0v) is 11.3. The van der Waals surface area contributed by atoms with Crippen LogP contribution in [-0.2, 0) is 0 Å². The van der Waals surface area contributed by atoms with Crippen LogP contribution in [0.3, 0.4) is 0 Å². The van der Waals surface area contributed by atoms with Gasteiger partial charge in [-0.1, -0.05) is 0 Å². The third-order valence-electron chi connectivity index (χ3n) is 2.40. The predicted octanol–water partition coefficient (Wildman–Crippen LogP) is 2.43. The summed E-state index contributed by atoms with van der Waals surface area (Å²) in [5.41, 5.74) is 0.0565. The normalized spacial score (nSPS) is 10.4. The van der Waals surface area contributed by atoms with Crippen molar-refractivity contribution in [3.63, 3.8) is 0 Å². The van der Waals surface area contributed by atoms with Crippen LogP contribution in [-0.4, -0.2) is 26.9 Å². The number of anilines is 1. The summed E-state index contributed by atoms with van der Waals surface area (Å²) in [4.78, 5) is 0. The van der Waals surface area contributed by atoms with Gasteiger partial charge in [-0.05, 0) is 13.8 Å². The van der Waals surface area contributed by atoms with Crippen LogP contribution >= 0.6 is 0 Å². The van der Waals surface area contributed by atoms with Crippen LogP contribution in [0.15, 0.2) is 12.1 Å². The number of rotatable bonds is 5. The van der Waals surface area contributed by atoms with Gasteiger partial charge in [0.25, 0.3) is 0 Å². The summed E-state index contributed by atoms with van der Waals surface area (Å²) in [6, 6.07) is 5.70. The molecule has 0 atom stereocenters. The van der Waals surface area contributed by atoms with Gasteiger partial charge in [-0.15, -0.1) is 0 Å². The van der Waals surface area contributed by atoms with Crippen molar-refractivity contribution >= 4 is 5.69 Å². The molecule has 0 bridgehead atoms. The van der Waals surface area contributed by atoms with E-state index in [-0.39, 0.29) is 0 Å². The molecule has 1 N–H and O–H groups in total. The van der Waals surface area contributed by atoms with Gasteiger partial charge in [-0.3, -0.25) is 0 Å². The summed E-state index contributed by atoms with van der Waals surface area (Å²) in [6.45, 7) is 3.58. The molecule has 5 nitrogen and oxygen atoms in total. The Hall–Kier alpha value is -2.09. The van der Waals surface area contributed by atoms with Crippen LogP contribution in [0.25, 0.3) is 0 Å². The van der Waals surface area contributed by atoms with Crippen molar-refractivity contribution in [3.8, 4) is 23.3 Å². The first-order valence-corrected chi connectivity index (χ1v) is 5.47. The van der Waals surface area contributed by atoms with E-state index in [4.69, 9.17) is 19.5 Å². The zero-order chi connectivity index (χ0) is 13.8. The molecular weight excluding hydrogens is 232 g/mol. The van der Waals surface area contributed by atoms with Crippen LogP contribution in [0.4, 0.5) is 5.69 Å². The van der Waals surface area contributed by atoms with Gasteiger partial charge >= 0.3 is 0 Å². The van der Waals surface area contributed by atoms with E-state index in [2.05, 4.69) is 11.4 Å². The molecule has 1 aromatic carbocycles. The molecule has 5 heteroatoms. The molecule has 0 unspecified atom stereocenters. The Morgan fingerprint density at radius 1 is 1.06 bits per heavy atom. The SMILES string of the molecule is COc1cc(NC(C)(C)C#N)cc(OC)c1OC. The fraction of sp³-hybridized carbons (Fsp3) is 0.462. The molecule has 0 radical (unpaired) electrons. The summed E-state index contributed by atoms with van der Waals surface area (Å²) in [5, 5.41) is 12.1. The average Bonchev–Trinajstić information content (AvgIpc) is 2.37. The van der Waals surface area contributed by atoms with Gasteiger partial charge in [0.15, 0.2) is 11.5 Å². The van der Waals surface area contributed by atoms with Crippen LogP contribution in [0, 0.1) is 11.3 Å². The fourth-order valence-electron chi connectivity index (χ4n) is 1.54. The van der Waals surface area contributed by atoms with E-state index in [1.165, 1.54) is 0 Å². The minimum absolute atomic E-state index is 0.528. The monoisotopic (exact) mass is 250 g/mol. The lowest BCUT2D eigenvalue weighted by molar-refractivity contribution is 0.324. The molecule has 0 aromatic heterocycles. The maximum absolute atomic E-state index is 9.01. The Kier molecular flexibility index (Phi) is 4.27. The number of nitrogens with zero attached hydrogens (tertiary/aromatic N) is 1. The number of methoxy groups -OCH3 is 3. The summed E-state index contributed by atoms with van der Waals surface area (Å²) in [6.07, 6.45) is 0. The van der Waals surface area contributed by atoms with Crippen molar-refractivity contribution in [3.05, 3.63) is 12.1 Å². The largest absolute Gasteiger partial charge is 0.493 e. The highest BCUT2D eigenvalue weighted by atomic mass is 16.5. The average molecular weight is 250 g/mol. The van der Waals surface area contributed by atoms with E-state index in [0.717, 1.165) is 5.69 Å². The predicted molar refractivity (Wildman–Crippen MR) is 69.4 cm³/mol. The molecule has 1 aromatic rings. The van der Waals surface area contributed by atoms with Crippen molar-refractivity contribution in [2.45, 2.75) is 19.4 Å². The van der Waals surface area contributed by atoms with E-state index >= 15 is 0 Å². The Labute approximate surface area is 107 Å². The lowest BCUT2D eigenvalue weighted by Crippen LogP contribution is -2.28. The van der Waals surface area contributed by atoms with Crippen molar-refractivity contribution in [1.29, 1.82) is 5.26 Å². The highest BCUT2D eigenvalue weighted by Gasteiger charge is 2.19. The summed E-state index contributed by atoms with van der Waals surface area (Å²) in [5.74, 6) is 1.63. The van der Waals surface area contributed by atoms with Gasteiger partial charge in [0.2, 0.25) is 5.75 Å². The molecule has 0 saturated carbocycles. The van der Waals surface area contributed by atoms with E-state index in [1.54, 1.807) is 47.3 Å². The second-order valence-electron chi connectivity index (χ2n) is 4.28. The number of hydrogen-bond donors (Lipinski definition) is 1. The topological polar surface area (TPSA) is 63.5 Å². The second kappa shape index (κ2) is 5.50. The highest BCUT2D eigenvalue weighted by Crippen LogP contribution is 2.40. The first-order chi connectivity index (χ1) is 8.47. The summed E-state index contributed by atoms with van der Waals surface area (Å²) < 4.78 is 15.7. The fourth-order valence-corrected chi connectivity index (χ4v) is 1.54. The molecular formula is C13H18N2O3. The Balaban J connectivity index is 3.20. The van der Waals surface area contributed by atoms with Crippen molar-refractivity contribution in [2.75, 3.05) is 26.6 Å². The molecule has 0 spiro atoms. The maximum atomic E-state index is 9.01.